The molecule has 0 atom stereocenters. The Labute approximate surface area is 110 Å². The van der Waals surface area contributed by atoms with Crippen molar-refractivity contribution in [1.29, 1.82) is 0 Å². The summed E-state index contributed by atoms with van der Waals surface area (Å²) in [7, 11) is 1.87. The number of rotatable bonds is 4. The van der Waals surface area contributed by atoms with Crippen molar-refractivity contribution in [3.05, 3.63) is 20.8 Å². The summed E-state index contributed by atoms with van der Waals surface area (Å²) in [4.78, 5) is 13.9. The molecule has 0 fully saturated rings. The average Bonchev–Trinajstić information content (AvgIpc) is 2.62. The summed E-state index contributed by atoms with van der Waals surface area (Å²) in [6.45, 7) is 6.72. The molecule has 0 aliphatic heterocycles. The van der Waals surface area contributed by atoms with Crippen molar-refractivity contribution in [1.82, 2.24) is 4.90 Å². The van der Waals surface area contributed by atoms with Crippen LogP contribution in [0, 0.1) is 5.41 Å². The maximum Gasteiger partial charge on any atom is 0.228 e. The molecule has 0 bridgehead atoms. The first-order valence-electron chi connectivity index (χ1n) is 5.35. The van der Waals surface area contributed by atoms with Crippen LogP contribution in [0.1, 0.15) is 32.8 Å². The Bertz CT molecular complexity index is 373. The smallest absolute Gasteiger partial charge is 0.228 e. The third kappa shape index (κ3) is 3.32. The summed E-state index contributed by atoms with van der Waals surface area (Å²) in [6.07, 6.45) is 0.865. The van der Waals surface area contributed by atoms with Crippen molar-refractivity contribution in [3.8, 4) is 0 Å². The SMILES string of the molecule is CCC(C)(C)C(=O)N(C)Cc1csc(Br)c1. The first kappa shape index (κ1) is 13.7. The van der Waals surface area contributed by atoms with Crippen molar-refractivity contribution in [2.24, 2.45) is 5.41 Å². The number of hydrogen-bond acceptors (Lipinski definition) is 2. The summed E-state index contributed by atoms with van der Waals surface area (Å²) < 4.78 is 1.11. The van der Waals surface area contributed by atoms with Gasteiger partial charge in [0.2, 0.25) is 5.91 Å². The van der Waals surface area contributed by atoms with E-state index in [1.54, 1.807) is 16.2 Å². The lowest BCUT2D eigenvalue weighted by Gasteiger charge is -2.28. The second kappa shape index (κ2) is 5.32. The van der Waals surface area contributed by atoms with E-state index in [1.807, 2.05) is 27.8 Å². The molecule has 0 aliphatic rings. The highest BCUT2D eigenvalue weighted by Crippen LogP contribution is 2.25. The van der Waals surface area contributed by atoms with Crippen LogP contribution in [-0.4, -0.2) is 17.9 Å². The Morgan fingerprint density at radius 1 is 1.56 bits per heavy atom. The van der Waals surface area contributed by atoms with Crippen molar-refractivity contribution >= 4 is 33.2 Å². The highest BCUT2D eigenvalue weighted by Gasteiger charge is 2.28. The molecule has 0 radical (unpaired) electrons. The minimum Gasteiger partial charge on any atom is -0.341 e. The van der Waals surface area contributed by atoms with Gasteiger partial charge in [0.15, 0.2) is 0 Å². The van der Waals surface area contributed by atoms with Crippen LogP contribution < -0.4 is 0 Å². The standard InChI is InChI=1S/C12H18BrNOS/c1-5-12(2,3)11(15)14(4)7-9-6-10(13)16-8-9/h6,8H,5,7H2,1-4H3. The van der Waals surface area contributed by atoms with Gasteiger partial charge >= 0.3 is 0 Å². The van der Waals surface area contributed by atoms with Gasteiger partial charge in [0.25, 0.3) is 0 Å². The van der Waals surface area contributed by atoms with Crippen LogP contribution in [0.4, 0.5) is 0 Å². The predicted molar refractivity (Wildman–Crippen MR) is 72.6 cm³/mol. The van der Waals surface area contributed by atoms with Crippen LogP contribution in [0.2, 0.25) is 0 Å². The third-order valence-electron chi connectivity index (χ3n) is 2.85. The predicted octanol–water partition coefficient (Wildman–Crippen LogP) is 3.91. The van der Waals surface area contributed by atoms with Crippen molar-refractivity contribution in [2.45, 2.75) is 33.7 Å². The second-order valence-electron chi connectivity index (χ2n) is 4.66. The zero-order valence-electron chi connectivity index (χ0n) is 10.2. The van der Waals surface area contributed by atoms with E-state index in [-0.39, 0.29) is 11.3 Å². The molecule has 16 heavy (non-hydrogen) atoms. The molecule has 1 heterocycles. The number of halogens is 1. The average molecular weight is 304 g/mol. The topological polar surface area (TPSA) is 20.3 Å². The number of amides is 1. The Morgan fingerprint density at radius 2 is 2.19 bits per heavy atom. The zero-order valence-corrected chi connectivity index (χ0v) is 12.6. The van der Waals surface area contributed by atoms with Gasteiger partial charge in [-0.2, -0.15) is 0 Å². The molecule has 1 aromatic rings. The van der Waals surface area contributed by atoms with E-state index in [2.05, 4.69) is 27.4 Å². The molecule has 0 aromatic carbocycles. The van der Waals surface area contributed by atoms with Crippen LogP contribution in [0.3, 0.4) is 0 Å². The number of hydrogen-bond donors (Lipinski definition) is 0. The molecule has 0 spiro atoms. The fourth-order valence-electron chi connectivity index (χ4n) is 1.44. The van der Waals surface area contributed by atoms with E-state index in [4.69, 9.17) is 0 Å². The number of carbonyl (C=O) groups is 1. The lowest BCUT2D eigenvalue weighted by atomic mass is 9.88. The number of carbonyl (C=O) groups excluding carboxylic acids is 1. The molecule has 0 aliphatic carbocycles. The van der Waals surface area contributed by atoms with Crippen molar-refractivity contribution in [3.63, 3.8) is 0 Å². The molecule has 0 saturated carbocycles. The normalized spacial score (nSPS) is 11.6. The summed E-state index contributed by atoms with van der Waals surface area (Å²) in [6, 6.07) is 2.06. The molecule has 1 aromatic heterocycles. The van der Waals surface area contributed by atoms with E-state index in [0.29, 0.717) is 6.54 Å². The lowest BCUT2D eigenvalue weighted by molar-refractivity contribution is -0.139. The first-order valence-corrected chi connectivity index (χ1v) is 7.02. The molecule has 1 amide bonds. The first-order chi connectivity index (χ1) is 7.36. The Hall–Kier alpha value is -0.350. The Kier molecular flexibility index (Phi) is 4.56. The van der Waals surface area contributed by atoms with Crippen LogP contribution in [0.15, 0.2) is 15.2 Å². The van der Waals surface area contributed by atoms with Crippen LogP contribution in [0.5, 0.6) is 0 Å². The molecule has 0 N–H and O–H groups in total. The second-order valence-corrected chi connectivity index (χ2v) is 6.95. The van der Waals surface area contributed by atoms with Gasteiger partial charge in [0.1, 0.15) is 0 Å². The van der Waals surface area contributed by atoms with Crippen molar-refractivity contribution < 1.29 is 4.79 Å². The van der Waals surface area contributed by atoms with E-state index in [0.717, 1.165) is 10.2 Å². The highest BCUT2D eigenvalue weighted by atomic mass is 79.9. The molecule has 4 heteroatoms. The van der Waals surface area contributed by atoms with Gasteiger partial charge < -0.3 is 4.90 Å². The zero-order chi connectivity index (χ0) is 12.3. The Morgan fingerprint density at radius 3 is 2.62 bits per heavy atom. The molecular formula is C12H18BrNOS. The van der Waals surface area contributed by atoms with Crippen molar-refractivity contribution in [2.75, 3.05) is 7.05 Å². The maximum absolute atomic E-state index is 12.1. The van der Waals surface area contributed by atoms with Crippen LogP contribution >= 0.6 is 27.3 Å². The number of nitrogens with zero attached hydrogens (tertiary/aromatic N) is 1. The highest BCUT2D eigenvalue weighted by molar-refractivity contribution is 9.11. The van der Waals surface area contributed by atoms with Gasteiger partial charge in [0.05, 0.1) is 3.79 Å². The molecular weight excluding hydrogens is 286 g/mol. The summed E-state index contributed by atoms with van der Waals surface area (Å²) in [5, 5.41) is 2.08. The van der Waals surface area contributed by atoms with E-state index < -0.39 is 0 Å². The maximum atomic E-state index is 12.1. The van der Waals surface area contributed by atoms with Gasteiger partial charge in [-0.25, -0.2) is 0 Å². The minimum absolute atomic E-state index is 0.206. The molecule has 2 nitrogen and oxygen atoms in total. The van der Waals surface area contributed by atoms with Gasteiger partial charge in [-0.05, 0) is 39.4 Å². The summed E-state index contributed by atoms with van der Waals surface area (Å²) >= 11 is 5.08. The van der Waals surface area contributed by atoms with Gasteiger partial charge in [-0.1, -0.05) is 20.8 Å². The van der Waals surface area contributed by atoms with E-state index >= 15 is 0 Å². The molecule has 90 valence electrons. The van der Waals surface area contributed by atoms with Gasteiger partial charge in [-0.15, -0.1) is 11.3 Å². The molecule has 1 rings (SSSR count). The minimum atomic E-state index is -0.262. The van der Waals surface area contributed by atoms with E-state index in [9.17, 15) is 4.79 Å². The van der Waals surface area contributed by atoms with E-state index in [1.165, 1.54) is 5.56 Å². The lowest BCUT2D eigenvalue weighted by Crippen LogP contribution is -2.37. The van der Waals surface area contributed by atoms with Crippen LogP contribution in [0.25, 0.3) is 0 Å². The largest absolute Gasteiger partial charge is 0.341 e. The summed E-state index contributed by atoms with van der Waals surface area (Å²) in [5.41, 5.74) is 0.918. The molecule has 0 saturated heterocycles. The fourth-order valence-corrected chi connectivity index (χ4v) is 2.64. The van der Waals surface area contributed by atoms with Gasteiger partial charge in [0, 0.05) is 19.0 Å². The molecule has 0 unspecified atom stereocenters. The van der Waals surface area contributed by atoms with Crippen LogP contribution in [-0.2, 0) is 11.3 Å². The summed E-state index contributed by atoms with van der Waals surface area (Å²) in [5.74, 6) is 0.206. The quantitative estimate of drug-likeness (QED) is 0.826. The monoisotopic (exact) mass is 303 g/mol. The van der Waals surface area contributed by atoms with Gasteiger partial charge in [-0.3, -0.25) is 4.79 Å². The number of thiophene rings is 1. The Balaban J connectivity index is 2.65. The third-order valence-corrected chi connectivity index (χ3v) is 4.40. The fraction of sp³-hybridized carbons (Fsp3) is 0.583.